The summed E-state index contributed by atoms with van der Waals surface area (Å²) in [6.45, 7) is -0.668. The van der Waals surface area contributed by atoms with Gasteiger partial charge in [-0.1, -0.05) is 60.1 Å². The van der Waals surface area contributed by atoms with Crippen LogP contribution in [0.1, 0.15) is 39.0 Å². The topological polar surface area (TPSA) is 80.8 Å². The van der Waals surface area contributed by atoms with Crippen LogP contribution in [0, 0.1) is 11.8 Å². The van der Waals surface area contributed by atoms with Gasteiger partial charge in [-0.25, -0.2) is 0 Å². The fourth-order valence-corrected chi connectivity index (χ4v) is 7.31. The molecule has 192 valence electrons. The molecule has 1 fully saturated rings. The molecule has 0 N–H and O–H groups in total. The third-order valence-electron chi connectivity index (χ3n) is 7.75. The average molecular weight is 569 g/mol. The first-order valence-electron chi connectivity index (χ1n) is 12.1. The molecule has 1 saturated heterocycles. The molecule has 7 rings (SSSR count). The zero-order chi connectivity index (χ0) is 26.8. The van der Waals surface area contributed by atoms with Crippen molar-refractivity contribution in [2.24, 2.45) is 11.8 Å². The van der Waals surface area contributed by atoms with Gasteiger partial charge < -0.3 is 4.74 Å². The predicted octanol–water partition coefficient (Wildman–Crippen LogP) is 5.05. The molecule has 0 saturated carbocycles. The molecule has 3 aromatic rings. The number of imide groups is 1. The minimum Gasteiger partial charge on any atom is -0.457 e. The second-order valence-electron chi connectivity index (χ2n) is 9.64. The number of alkyl halides is 2. The fraction of sp³-hybridized carbons (Fsp3) is 0.241. The Morgan fingerprint density at radius 1 is 0.763 bits per heavy atom. The Morgan fingerprint density at radius 2 is 1.21 bits per heavy atom. The highest BCUT2D eigenvalue weighted by molar-refractivity contribution is 6.36. The number of carbonyl (C=O) groups excluding carboxylic acids is 4. The van der Waals surface area contributed by atoms with Gasteiger partial charge in [0.25, 0.3) is 0 Å². The average Bonchev–Trinajstić information content (AvgIpc) is 3.19. The number of hydrogen-bond donors (Lipinski definition) is 0. The molecule has 0 radical (unpaired) electrons. The molecule has 0 unspecified atom stereocenters. The molecule has 38 heavy (non-hydrogen) atoms. The van der Waals surface area contributed by atoms with Crippen molar-refractivity contribution in [3.05, 3.63) is 106 Å². The van der Waals surface area contributed by atoms with Gasteiger partial charge in [0, 0.05) is 17.1 Å². The van der Waals surface area contributed by atoms with Gasteiger partial charge in [0.15, 0.2) is 12.4 Å². The fourth-order valence-electron chi connectivity index (χ4n) is 6.09. The van der Waals surface area contributed by atoms with Crippen LogP contribution >= 0.6 is 34.8 Å². The van der Waals surface area contributed by atoms with Crippen LogP contribution in [0.5, 0.6) is 0 Å². The summed E-state index contributed by atoms with van der Waals surface area (Å²) in [5.41, 5.74) is 3.18. The molecule has 2 atom stereocenters. The molecule has 9 heteroatoms. The molecule has 4 aliphatic rings. The van der Waals surface area contributed by atoms with Crippen LogP contribution in [-0.2, 0) is 28.9 Å². The van der Waals surface area contributed by atoms with Crippen molar-refractivity contribution in [1.82, 2.24) is 4.90 Å². The number of esters is 1. The zero-order valence-corrected chi connectivity index (χ0v) is 22.1. The maximum atomic E-state index is 13.7. The second-order valence-corrected chi connectivity index (χ2v) is 11.3. The lowest BCUT2D eigenvalue weighted by atomic mass is 9.54. The first kappa shape index (κ1) is 25.1. The van der Waals surface area contributed by atoms with Crippen molar-refractivity contribution in [1.29, 1.82) is 0 Å². The van der Waals surface area contributed by atoms with Gasteiger partial charge in [-0.3, -0.25) is 24.1 Å². The van der Waals surface area contributed by atoms with E-state index in [2.05, 4.69) is 0 Å². The lowest BCUT2D eigenvalue weighted by Gasteiger charge is -2.54. The van der Waals surface area contributed by atoms with Gasteiger partial charge in [0.05, 0.1) is 18.3 Å². The number of Topliss-reactive ketones (excluding diaryl/α,β-unsaturated/α-hetero) is 1. The Balaban J connectivity index is 1.23. The Hall–Kier alpha value is -3.19. The van der Waals surface area contributed by atoms with E-state index in [1.165, 1.54) is 12.1 Å². The van der Waals surface area contributed by atoms with Crippen LogP contribution < -0.4 is 0 Å². The molecule has 2 amide bonds. The van der Waals surface area contributed by atoms with E-state index in [0.717, 1.165) is 4.90 Å². The van der Waals surface area contributed by atoms with Gasteiger partial charge in [0.1, 0.15) is 9.75 Å². The van der Waals surface area contributed by atoms with Crippen LogP contribution in [0.2, 0.25) is 5.02 Å². The molecule has 0 spiro atoms. The first-order valence-corrected chi connectivity index (χ1v) is 13.2. The van der Waals surface area contributed by atoms with Crippen LogP contribution in [-0.4, -0.2) is 41.6 Å². The molecule has 3 aliphatic carbocycles. The molecule has 1 heterocycles. The lowest BCUT2D eigenvalue weighted by Crippen LogP contribution is -2.57. The van der Waals surface area contributed by atoms with Gasteiger partial charge in [-0.15, -0.1) is 23.2 Å². The van der Waals surface area contributed by atoms with E-state index >= 15 is 0 Å². The number of halogens is 3. The van der Waals surface area contributed by atoms with E-state index in [0.29, 0.717) is 32.8 Å². The zero-order valence-electron chi connectivity index (χ0n) is 19.8. The maximum absolute atomic E-state index is 13.7. The SMILES string of the molecule is O=C(CCN1C(=O)[C@H]2[C@H](C1=O)C1(Cl)c3ccccc3C2(Cl)c2ccccc21)OCC(=O)c1ccc(Cl)cc1. The summed E-state index contributed by atoms with van der Waals surface area (Å²) < 4.78 is 5.11. The number of carbonyl (C=O) groups is 4. The summed E-state index contributed by atoms with van der Waals surface area (Å²) in [6.07, 6.45) is -0.269. The summed E-state index contributed by atoms with van der Waals surface area (Å²) in [5.74, 6) is -3.92. The number of ketones is 1. The number of rotatable bonds is 6. The Bertz CT molecular complexity index is 1400. The van der Waals surface area contributed by atoms with E-state index in [4.69, 9.17) is 39.5 Å². The van der Waals surface area contributed by atoms with Crippen LogP contribution in [0.25, 0.3) is 0 Å². The first-order chi connectivity index (χ1) is 18.2. The molecule has 3 aromatic carbocycles. The predicted molar refractivity (Wildman–Crippen MR) is 141 cm³/mol. The van der Waals surface area contributed by atoms with Crippen molar-refractivity contribution in [3.63, 3.8) is 0 Å². The van der Waals surface area contributed by atoms with Gasteiger partial charge >= 0.3 is 5.97 Å². The monoisotopic (exact) mass is 567 g/mol. The lowest BCUT2D eigenvalue weighted by molar-refractivity contribution is -0.145. The highest BCUT2D eigenvalue weighted by atomic mass is 35.5. The third kappa shape index (κ3) is 3.40. The number of hydrogen-bond acceptors (Lipinski definition) is 5. The van der Waals surface area contributed by atoms with Crippen LogP contribution in [0.3, 0.4) is 0 Å². The van der Waals surface area contributed by atoms with E-state index in [1.54, 1.807) is 12.1 Å². The second kappa shape index (κ2) is 8.94. The van der Waals surface area contributed by atoms with E-state index in [1.807, 2.05) is 48.5 Å². The Kier molecular flexibility index (Phi) is 5.91. The number of amides is 2. The molecule has 6 nitrogen and oxygen atoms in total. The maximum Gasteiger partial charge on any atom is 0.308 e. The van der Waals surface area contributed by atoms with Crippen molar-refractivity contribution >= 4 is 58.4 Å². The number of nitrogens with zero attached hydrogens (tertiary/aromatic N) is 1. The van der Waals surface area contributed by atoms with Crippen molar-refractivity contribution < 1.29 is 23.9 Å². The molecule has 0 aromatic heterocycles. The van der Waals surface area contributed by atoms with Crippen molar-refractivity contribution in [3.8, 4) is 0 Å². The standard InChI is InChI=1S/C29H20Cl3NO5/c30-17-11-9-16(10-12-17)22(34)15-38-23(35)13-14-33-26(36)24-25(27(33)37)29(32)19-6-2-1-5-18(19)28(24,31)20-7-3-4-8-21(20)29/h1-12,24-25H,13-15H2/t24-,25-,28?,29?/m1/s1. The Labute approximate surface area is 233 Å². The van der Waals surface area contributed by atoms with Gasteiger partial charge in [0.2, 0.25) is 11.8 Å². The molecular weight excluding hydrogens is 549 g/mol. The number of benzene rings is 3. The molecule has 2 bridgehead atoms. The molecular formula is C29H20Cl3NO5. The minimum absolute atomic E-state index is 0.203. The largest absolute Gasteiger partial charge is 0.457 e. The van der Waals surface area contributed by atoms with E-state index in [9.17, 15) is 19.2 Å². The van der Waals surface area contributed by atoms with Crippen LogP contribution in [0.4, 0.5) is 0 Å². The highest BCUT2D eigenvalue weighted by Gasteiger charge is 2.72. The van der Waals surface area contributed by atoms with Crippen molar-refractivity contribution in [2.75, 3.05) is 13.2 Å². The quantitative estimate of drug-likeness (QED) is 0.180. The summed E-state index contributed by atoms with van der Waals surface area (Å²) in [7, 11) is 0. The summed E-state index contributed by atoms with van der Waals surface area (Å²) in [4.78, 5) is 50.7. The number of ether oxygens (including phenoxy) is 1. The van der Waals surface area contributed by atoms with Crippen molar-refractivity contribution in [2.45, 2.75) is 16.2 Å². The normalized spacial score (nSPS) is 26.6. The van der Waals surface area contributed by atoms with E-state index in [-0.39, 0.29) is 13.0 Å². The number of likely N-dealkylation sites (tertiary alicyclic amines) is 1. The van der Waals surface area contributed by atoms with Gasteiger partial charge in [-0.05, 0) is 46.5 Å². The summed E-state index contributed by atoms with van der Waals surface area (Å²) >= 11 is 20.6. The summed E-state index contributed by atoms with van der Waals surface area (Å²) in [6, 6.07) is 20.9. The smallest absolute Gasteiger partial charge is 0.308 e. The third-order valence-corrected chi connectivity index (χ3v) is 9.28. The molecule has 1 aliphatic heterocycles. The highest BCUT2D eigenvalue weighted by Crippen LogP contribution is 2.69. The van der Waals surface area contributed by atoms with Gasteiger partial charge in [-0.2, -0.15) is 0 Å². The van der Waals surface area contributed by atoms with E-state index < -0.39 is 51.8 Å². The minimum atomic E-state index is -1.28. The summed E-state index contributed by atoms with van der Waals surface area (Å²) in [5, 5.41) is 0.483. The Morgan fingerprint density at radius 3 is 1.66 bits per heavy atom. The van der Waals surface area contributed by atoms with Crippen LogP contribution in [0.15, 0.2) is 72.8 Å².